The normalized spacial score (nSPS) is 11.5. The van der Waals surface area contributed by atoms with Crippen LogP contribution in [0.2, 0.25) is 0 Å². The molecule has 0 saturated carbocycles. The molecule has 37 heavy (non-hydrogen) atoms. The van der Waals surface area contributed by atoms with E-state index in [0.717, 1.165) is 21.7 Å². The average Bonchev–Trinajstić information content (AvgIpc) is 2.84. The predicted octanol–water partition coefficient (Wildman–Crippen LogP) is 3.53. The van der Waals surface area contributed by atoms with Crippen LogP contribution in [0.15, 0.2) is 65.6 Å². The van der Waals surface area contributed by atoms with Gasteiger partial charge in [-0.3, -0.25) is 13.8 Å². The van der Waals surface area contributed by atoms with E-state index in [4.69, 9.17) is 9.47 Å². The van der Waals surface area contributed by atoms with E-state index in [-0.39, 0.29) is 16.3 Å². The highest BCUT2D eigenvalue weighted by atomic mass is 32.2. The molecule has 0 bridgehead atoms. The Morgan fingerprint density at radius 1 is 0.892 bits per heavy atom. The molecule has 0 unspecified atom stereocenters. The topological polar surface area (TPSA) is 131 Å². The Morgan fingerprint density at radius 3 is 2.05 bits per heavy atom. The van der Waals surface area contributed by atoms with E-state index in [1.54, 1.807) is 6.07 Å². The number of para-hydroxylation sites is 1. The van der Waals surface area contributed by atoms with Crippen molar-refractivity contribution in [1.82, 2.24) is 0 Å². The summed E-state index contributed by atoms with van der Waals surface area (Å²) >= 11 is 0. The van der Waals surface area contributed by atoms with Crippen LogP contribution < -0.4 is 23.8 Å². The van der Waals surface area contributed by atoms with Gasteiger partial charge in [-0.25, -0.2) is 16.8 Å². The van der Waals surface area contributed by atoms with Crippen LogP contribution >= 0.6 is 0 Å². The quantitative estimate of drug-likeness (QED) is 0.397. The Bertz CT molecular complexity index is 1480. The highest BCUT2D eigenvalue weighted by Crippen LogP contribution is 2.33. The first-order chi connectivity index (χ1) is 17.4. The minimum atomic E-state index is -3.87. The van der Waals surface area contributed by atoms with Crippen molar-refractivity contribution in [1.29, 1.82) is 0 Å². The van der Waals surface area contributed by atoms with E-state index in [1.165, 1.54) is 50.6 Å². The van der Waals surface area contributed by atoms with Gasteiger partial charge in [0.2, 0.25) is 15.9 Å². The molecule has 10 nitrogen and oxygen atoms in total. The molecule has 0 aliphatic rings. The first-order valence-corrected chi connectivity index (χ1v) is 14.4. The van der Waals surface area contributed by atoms with Gasteiger partial charge in [-0.15, -0.1) is 0 Å². The fourth-order valence-corrected chi connectivity index (χ4v) is 5.65. The van der Waals surface area contributed by atoms with Crippen LogP contribution in [0.1, 0.15) is 11.1 Å². The maximum absolute atomic E-state index is 12.9. The second-order valence-corrected chi connectivity index (χ2v) is 11.8. The number of aryl methyl sites for hydroxylation is 2. The fraction of sp³-hybridized carbons (Fsp3) is 0.240. The fourth-order valence-electron chi connectivity index (χ4n) is 3.59. The molecule has 0 radical (unpaired) electrons. The molecule has 3 aromatic carbocycles. The molecule has 2 N–H and O–H groups in total. The van der Waals surface area contributed by atoms with Gasteiger partial charge in [0.25, 0.3) is 10.0 Å². The highest BCUT2D eigenvalue weighted by Gasteiger charge is 2.25. The maximum Gasteiger partial charge on any atom is 0.261 e. The second-order valence-electron chi connectivity index (χ2n) is 8.25. The van der Waals surface area contributed by atoms with Gasteiger partial charge in [0.05, 0.1) is 36.7 Å². The van der Waals surface area contributed by atoms with E-state index >= 15 is 0 Å². The van der Waals surface area contributed by atoms with E-state index in [1.807, 2.05) is 32.0 Å². The number of benzene rings is 3. The highest BCUT2D eigenvalue weighted by molar-refractivity contribution is 7.92. The number of anilines is 3. The molecular weight excluding hydrogens is 518 g/mol. The molecule has 0 aliphatic heterocycles. The summed E-state index contributed by atoms with van der Waals surface area (Å²) in [6, 6.07) is 15.6. The van der Waals surface area contributed by atoms with Crippen molar-refractivity contribution in [2.75, 3.05) is 41.4 Å². The number of methoxy groups -OCH3 is 2. The molecule has 0 saturated heterocycles. The van der Waals surface area contributed by atoms with Crippen molar-refractivity contribution < 1.29 is 31.1 Å². The van der Waals surface area contributed by atoms with E-state index < -0.39 is 32.5 Å². The van der Waals surface area contributed by atoms with E-state index in [9.17, 15) is 21.6 Å². The van der Waals surface area contributed by atoms with Gasteiger partial charge in [0.15, 0.2) is 0 Å². The number of ether oxygens (including phenoxy) is 2. The Hall–Kier alpha value is -3.77. The number of nitrogens with zero attached hydrogens (tertiary/aromatic N) is 1. The minimum Gasteiger partial charge on any atom is -0.497 e. The van der Waals surface area contributed by atoms with E-state index in [2.05, 4.69) is 10.0 Å². The number of nitrogens with one attached hydrogen (secondary N) is 2. The summed E-state index contributed by atoms with van der Waals surface area (Å²) in [6.45, 7) is 3.09. The van der Waals surface area contributed by atoms with Crippen molar-refractivity contribution >= 4 is 43.0 Å². The number of rotatable bonds is 10. The maximum atomic E-state index is 12.9. The van der Waals surface area contributed by atoms with Crippen molar-refractivity contribution in [2.24, 2.45) is 0 Å². The van der Waals surface area contributed by atoms with Crippen LogP contribution in [0, 0.1) is 13.8 Å². The third kappa shape index (κ3) is 6.71. The van der Waals surface area contributed by atoms with Gasteiger partial charge in [0.1, 0.15) is 18.0 Å². The molecule has 0 heterocycles. The summed E-state index contributed by atoms with van der Waals surface area (Å²) in [4.78, 5) is 12.8. The monoisotopic (exact) mass is 547 g/mol. The number of carbonyl (C=O) groups is 1. The largest absolute Gasteiger partial charge is 0.497 e. The lowest BCUT2D eigenvalue weighted by molar-refractivity contribution is -0.114. The smallest absolute Gasteiger partial charge is 0.261 e. The summed E-state index contributed by atoms with van der Waals surface area (Å²) in [5.41, 5.74) is 2.55. The van der Waals surface area contributed by atoms with Crippen molar-refractivity contribution in [3.63, 3.8) is 0 Å². The first-order valence-electron chi connectivity index (χ1n) is 11.0. The molecule has 12 heteroatoms. The minimum absolute atomic E-state index is 0.00823. The van der Waals surface area contributed by atoms with Crippen LogP contribution in [0.3, 0.4) is 0 Å². The van der Waals surface area contributed by atoms with Crippen LogP contribution in [0.5, 0.6) is 11.5 Å². The molecule has 3 aromatic rings. The lowest BCUT2D eigenvalue weighted by atomic mass is 10.1. The van der Waals surface area contributed by atoms with Crippen LogP contribution in [0.4, 0.5) is 17.1 Å². The zero-order valence-electron chi connectivity index (χ0n) is 21.1. The number of hydrogen-bond donors (Lipinski definition) is 2. The Labute approximate surface area is 217 Å². The van der Waals surface area contributed by atoms with Gasteiger partial charge in [0, 0.05) is 11.8 Å². The average molecular weight is 548 g/mol. The van der Waals surface area contributed by atoms with Crippen molar-refractivity contribution in [3.05, 3.63) is 71.8 Å². The third-order valence-corrected chi connectivity index (χ3v) is 8.00. The SMILES string of the molecule is COc1ccc(N(CC(=O)Nc2ccc(S(=O)(=O)Nc3c(C)cccc3C)cc2)S(C)(=O)=O)c(OC)c1. The molecule has 0 atom stereocenters. The second kappa shape index (κ2) is 11.1. The summed E-state index contributed by atoms with van der Waals surface area (Å²) in [6.07, 6.45) is 0.979. The number of carbonyl (C=O) groups excluding carboxylic acids is 1. The number of sulfonamides is 2. The van der Waals surface area contributed by atoms with Crippen molar-refractivity contribution in [3.8, 4) is 11.5 Å². The lowest BCUT2D eigenvalue weighted by Crippen LogP contribution is -2.37. The molecule has 0 spiro atoms. The van der Waals surface area contributed by atoms with Gasteiger partial charge in [-0.1, -0.05) is 18.2 Å². The van der Waals surface area contributed by atoms with Gasteiger partial charge < -0.3 is 14.8 Å². The van der Waals surface area contributed by atoms with Gasteiger partial charge in [-0.2, -0.15) is 0 Å². The summed E-state index contributed by atoms with van der Waals surface area (Å²) in [7, 11) is -4.88. The molecule has 0 fully saturated rings. The van der Waals surface area contributed by atoms with Crippen molar-refractivity contribution in [2.45, 2.75) is 18.7 Å². The lowest BCUT2D eigenvalue weighted by Gasteiger charge is -2.24. The number of amides is 1. The van der Waals surface area contributed by atoms with E-state index in [0.29, 0.717) is 17.1 Å². The standard InChI is InChI=1S/C25H29N3O7S2/c1-17-7-6-8-18(2)25(17)27-37(32,33)21-12-9-19(10-13-21)26-24(29)16-28(36(5,30)31)22-14-11-20(34-3)15-23(22)35-4/h6-15,27H,16H2,1-5H3,(H,26,29). The summed E-state index contributed by atoms with van der Waals surface area (Å²) < 4.78 is 64.6. The zero-order chi connectivity index (χ0) is 27.4. The molecular formula is C25H29N3O7S2. The molecule has 0 aromatic heterocycles. The zero-order valence-corrected chi connectivity index (χ0v) is 22.7. The predicted molar refractivity (Wildman–Crippen MR) is 144 cm³/mol. The Kier molecular flexibility index (Phi) is 8.34. The summed E-state index contributed by atoms with van der Waals surface area (Å²) in [5.74, 6) is 0.0386. The van der Waals surface area contributed by atoms with Crippen LogP contribution in [0.25, 0.3) is 0 Å². The van der Waals surface area contributed by atoms with Crippen LogP contribution in [-0.4, -0.2) is 49.8 Å². The summed E-state index contributed by atoms with van der Waals surface area (Å²) in [5, 5.41) is 2.60. The molecule has 1 amide bonds. The Balaban J connectivity index is 1.77. The number of hydrogen-bond acceptors (Lipinski definition) is 7. The Morgan fingerprint density at radius 2 is 1.51 bits per heavy atom. The third-order valence-electron chi connectivity index (χ3n) is 5.51. The van der Waals surface area contributed by atoms with Gasteiger partial charge in [-0.05, 0) is 61.4 Å². The first kappa shape index (κ1) is 27.8. The molecule has 198 valence electrons. The molecule has 3 rings (SSSR count). The van der Waals surface area contributed by atoms with Gasteiger partial charge >= 0.3 is 0 Å². The molecule has 0 aliphatic carbocycles. The van der Waals surface area contributed by atoms with Crippen LogP contribution in [-0.2, 0) is 24.8 Å².